The summed E-state index contributed by atoms with van der Waals surface area (Å²) < 4.78 is 4.71. The Morgan fingerprint density at radius 3 is 2.86 bits per heavy atom. The van der Waals surface area contributed by atoms with Crippen molar-refractivity contribution in [3.63, 3.8) is 0 Å². The van der Waals surface area contributed by atoms with E-state index in [1.807, 2.05) is 12.8 Å². The van der Waals surface area contributed by atoms with E-state index in [-0.39, 0.29) is 11.5 Å². The van der Waals surface area contributed by atoms with Gasteiger partial charge >= 0.3 is 5.97 Å². The Hall–Kier alpha value is -1.95. The van der Waals surface area contributed by atoms with Gasteiger partial charge in [-0.2, -0.15) is 0 Å². The van der Waals surface area contributed by atoms with Gasteiger partial charge < -0.3 is 9.84 Å². The van der Waals surface area contributed by atoms with Gasteiger partial charge in [-0.05, 0) is 18.1 Å². The van der Waals surface area contributed by atoms with Crippen LogP contribution in [0.3, 0.4) is 0 Å². The highest BCUT2D eigenvalue weighted by Gasteiger charge is 2.04. The first-order valence-corrected chi connectivity index (χ1v) is 4.17. The summed E-state index contributed by atoms with van der Waals surface area (Å²) in [5.74, 6) is 1.41. The van der Waals surface area contributed by atoms with Crippen molar-refractivity contribution in [1.29, 1.82) is 0 Å². The number of terminal acetylenes is 1. The molecule has 0 bridgehead atoms. The van der Waals surface area contributed by atoms with Crippen LogP contribution in [0.2, 0.25) is 0 Å². The molecular formula is C11H10O3. The zero-order valence-electron chi connectivity index (χ0n) is 7.78. The molecule has 1 rings (SSSR count). The van der Waals surface area contributed by atoms with Gasteiger partial charge in [-0.15, -0.1) is 6.42 Å². The summed E-state index contributed by atoms with van der Waals surface area (Å²) >= 11 is 0. The van der Waals surface area contributed by atoms with E-state index in [9.17, 15) is 9.90 Å². The van der Waals surface area contributed by atoms with Crippen molar-refractivity contribution in [3.8, 4) is 23.8 Å². The average Bonchev–Trinajstić information content (AvgIpc) is 2.18. The lowest BCUT2D eigenvalue weighted by molar-refractivity contribution is -0.128. The summed E-state index contributed by atoms with van der Waals surface area (Å²) in [6.07, 6.45) is 5.54. The average molecular weight is 190 g/mol. The fourth-order valence-corrected chi connectivity index (χ4v) is 1.04. The molecule has 0 aliphatic rings. The van der Waals surface area contributed by atoms with Crippen LogP contribution >= 0.6 is 0 Å². The third-order valence-corrected chi connectivity index (χ3v) is 1.77. The van der Waals surface area contributed by atoms with Crippen LogP contribution in [0, 0.1) is 12.3 Å². The maximum atomic E-state index is 10.7. The summed E-state index contributed by atoms with van der Waals surface area (Å²) in [6, 6.07) is 4.65. The van der Waals surface area contributed by atoms with Crippen LogP contribution in [-0.4, -0.2) is 11.1 Å². The molecule has 1 aromatic rings. The highest BCUT2D eigenvalue weighted by atomic mass is 16.5. The number of aryl methyl sites for hydroxylation is 1. The van der Waals surface area contributed by atoms with Gasteiger partial charge in [-0.25, -0.2) is 4.79 Å². The number of aromatic hydroxyl groups is 1. The van der Waals surface area contributed by atoms with Crippen molar-refractivity contribution in [3.05, 3.63) is 23.8 Å². The number of rotatable bonds is 2. The Morgan fingerprint density at radius 1 is 1.64 bits per heavy atom. The number of hydrogen-bond acceptors (Lipinski definition) is 3. The number of carbonyl (C=O) groups excluding carboxylic acids is 1. The molecule has 0 saturated carbocycles. The summed E-state index contributed by atoms with van der Waals surface area (Å²) in [5, 5.41) is 9.43. The van der Waals surface area contributed by atoms with Crippen molar-refractivity contribution < 1.29 is 14.6 Å². The molecule has 0 atom stereocenters. The molecule has 0 aliphatic heterocycles. The van der Waals surface area contributed by atoms with Gasteiger partial charge in [0.2, 0.25) is 0 Å². The molecule has 0 amide bonds. The van der Waals surface area contributed by atoms with E-state index in [0.29, 0.717) is 0 Å². The van der Waals surface area contributed by atoms with Gasteiger partial charge in [-0.1, -0.05) is 13.0 Å². The van der Waals surface area contributed by atoms with E-state index in [2.05, 4.69) is 0 Å². The number of hydrogen-bond donors (Lipinski definition) is 1. The molecule has 0 heterocycles. The van der Waals surface area contributed by atoms with Crippen molar-refractivity contribution in [2.45, 2.75) is 13.3 Å². The SMILES string of the molecule is C#CC(=O)Oc1ccc(CC)c(O)c1. The highest BCUT2D eigenvalue weighted by Crippen LogP contribution is 2.23. The smallest absolute Gasteiger partial charge is 0.389 e. The van der Waals surface area contributed by atoms with E-state index in [1.165, 1.54) is 6.07 Å². The first-order valence-electron chi connectivity index (χ1n) is 4.17. The monoisotopic (exact) mass is 190 g/mol. The Kier molecular flexibility index (Phi) is 3.14. The number of carbonyl (C=O) groups is 1. The minimum atomic E-state index is -0.770. The first kappa shape index (κ1) is 10.1. The molecule has 0 aliphatic carbocycles. The number of esters is 1. The number of phenols is 1. The van der Waals surface area contributed by atoms with Crippen LogP contribution in [0.5, 0.6) is 11.5 Å². The third kappa shape index (κ3) is 2.27. The molecule has 0 aromatic heterocycles. The fraction of sp³-hybridized carbons (Fsp3) is 0.182. The van der Waals surface area contributed by atoms with Crippen LogP contribution in [0.25, 0.3) is 0 Å². The fourth-order valence-electron chi connectivity index (χ4n) is 1.04. The van der Waals surface area contributed by atoms with Crippen LogP contribution in [0.15, 0.2) is 18.2 Å². The second kappa shape index (κ2) is 4.33. The lowest BCUT2D eigenvalue weighted by Crippen LogP contribution is -2.03. The number of benzene rings is 1. The molecule has 14 heavy (non-hydrogen) atoms. The van der Waals surface area contributed by atoms with Crippen molar-refractivity contribution in [1.82, 2.24) is 0 Å². The molecule has 72 valence electrons. The maximum absolute atomic E-state index is 10.7. The Balaban J connectivity index is 2.87. The van der Waals surface area contributed by atoms with Crippen molar-refractivity contribution in [2.75, 3.05) is 0 Å². The highest BCUT2D eigenvalue weighted by molar-refractivity contribution is 5.89. The first-order chi connectivity index (χ1) is 6.67. The lowest BCUT2D eigenvalue weighted by Gasteiger charge is -2.04. The Bertz CT molecular complexity index is 388. The van der Waals surface area contributed by atoms with E-state index in [0.717, 1.165) is 12.0 Å². The van der Waals surface area contributed by atoms with Crippen molar-refractivity contribution >= 4 is 5.97 Å². The van der Waals surface area contributed by atoms with Gasteiger partial charge in [0.25, 0.3) is 0 Å². The zero-order chi connectivity index (χ0) is 10.6. The van der Waals surface area contributed by atoms with Crippen LogP contribution in [-0.2, 0) is 11.2 Å². The predicted molar refractivity (Wildman–Crippen MR) is 52.0 cm³/mol. The molecule has 0 fully saturated rings. The van der Waals surface area contributed by atoms with E-state index in [4.69, 9.17) is 11.2 Å². The minimum Gasteiger partial charge on any atom is -0.508 e. The zero-order valence-corrected chi connectivity index (χ0v) is 7.78. The number of phenolic OH excluding ortho intramolecular Hbond substituents is 1. The van der Waals surface area contributed by atoms with Crippen LogP contribution in [0.4, 0.5) is 0 Å². The van der Waals surface area contributed by atoms with E-state index < -0.39 is 5.97 Å². The van der Waals surface area contributed by atoms with Gasteiger partial charge in [0.15, 0.2) is 0 Å². The second-order valence-corrected chi connectivity index (χ2v) is 2.68. The van der Waals surface area contributed by atoms with Gasteiger partial charge in [-0.3, -0.25) is 0 Å². The van der Waals surface area contributed by atoms with Crippen LogP contribution in [0.1, 0.15) is 12.5 Å². The van der Waals surface area contributed by atoms with E-state index >= 15 is 0 Å². The largest absolute Gasteiger partial charge is 0.508 e. The summed E-state index contributed by atoms with van der Waals surface area (Å²) in [6.45, 7) is 1.92. The standard InChI is InChI=1S/C11H10O3/c1-3-8-5-6-9(7-10(8)12)14-11(13)4-2/h2,5-7,12H,3H2,1H3. The molecule has 1 N–H and O–H groups in total. The van der Waals surface area contributed by atoms with Crippen molar-refractivity contribution in [2.24, 2.45) is 0 Å². The maximum Gasteiger partial charge on any atom is 0.389 e. The quantitative estimate of drug-likeness (QED) is 0.332. The van der Waals surface area contributed by atoms with Gasteiger partial charge in [0, 0.05) is 12.0 Å². The molecule has 0 unspecified atom stereocenters. The number of ether oxygens (including phenoxy) is 1. The predicted octanol–water partition coefficient (Wildman–Crippen LogP) is 1.49. The lowest BCUT2D eigenvalue weighted by atomic mass is 10.1. The Morgan fingerprint density at radius 2 is 2.36 bits per heavy atom. The van der Waals surface area contributed by atoms with Crippen LogP contribution < -0.4 is 4.74 Å². The third-order valence-electron chi connectivity index (χ3n) is 1.77. The topological polar surface area (TPSA) is 46.5 Å². The van der Waals surface area contributed by atoms with Gasteiger partial charge in [0.1, 0.15) is 11.5 Å². The summed E-state index contributed by atoms with van der Waals surface area (Å²) in [7, 11) is 0. The molecule has 3 nitrogen and oxygen atoms in total. The molecule has 3 heteroatoms. The summed E-state index contributed by atoms with van der Waals surface area (Å²) in [4.78, 5) is 10.7. The van der Waals surface area contributed by atoms with Gasteiger partial charge in [0.05, 0.1) is 0 Å². The second-order valence-electron chi connectivity index (χ2n) is 2.68. The molecule has 0 spiro atoms. The Labute approximate surface area is 82.3 Å². The minimum absolute atomic E-state index is 0.106. The van der Waals surface area contributed by atoms with E-state index in [1.54, 1.807) is 12.1 Å². The normalized spacial score (nSPS) is 9.14. The molecule has 0 radical (unpaired) electrons. The molecule has 0 saturated heterocycles. The molecular weight excluding hydrogens is 180 g/mol. The molecule has 1 aromatic carbocycles. The summed E-state index contributed by atoms with van der Waals surface area (Å²) in [5.41, 5.74) is 0.797.